The average molecular weight is 359 g/mol. The molecule has 1 saturated carbocycles. The number of carbonyl (C=O) groups excluding carboxylic acids is 2. The minimum atomic E-state index is -0.723. The summed E-state index contributed by atoms with van der Waals surface area (Å²) in [6.45, 7) is 1.76. The molecule has 1 aliphatic carbocycles. The lowest BCUT2D eigenvalue weighted by atomic mass is 9.86. The Hall–Kier alpha value is -1.46. The van der Waals surface area contributed by atoms with Gasteiger partial charge in [0.25, 0.3) is 5.91 Å². The largest absolute Gasteiger partial charge is 0.452 e. The quantitative estimate of drug-likeness (QED) is 0.638. The molecule has 0 radical (unpaired) electrons. The number of nitrogens with one attached hydrogen (secondary N) is 1. The highest BCUT2D eigenvalue weighted by atomic mass is 35.5. The van der Waals surface area contributed by atoms with Crippen LogP contribution in [0.5, 0.6) is 0 Å². The zero-order chi connectivity index (χ0) is 17.0. The van der Waals surface area contributed by atoms with Crippen molar-refractivity contribution in [2.75, 3.05) is 12.3 Å². The van der Waals surface area contributed by atoms with Crippen molar-refractivity contribution >= 4 is 40.8 Å². The van der Waals surface area contributed by atoms with Gasteiger partial charge in [-0.15, -0.1) is 0 Å². The van der Waals surface area contributed by atoms with Crippen LogP contribution in [0.3, 0.4) is 0 Å². The van der Waals surface area contributed by atoms with Gasteiger partial charge in [0.1, 0.15) is 0 Å². The molecule has 0 unspecified atom stereocenters. The number of hydrogen-bond donors (Lipinski definition) is 2. The van der Waals surface area contributed by atoms with Gasteiger partial charge in [-0.2, -0.15) is 0 Å². The second-order valence-corrected chi connectivity index (χ2v) is 6.70. The van der Waals surface area contributed by atoms with Gasteiger partial charge in [0.2, 0.25) is 0 Å². The topological polar surface area (TPSA) is 81.4 Å². The van der Waals surface area contributed by atoms with Crippen LogP contribution in [0.4, 0.5) is 5.69 Å². The molecule has 0 aliphatic heterocycles. The molecule has 1 aliphatic rings. The van der Waals surface area contributed by atoms with E-state index in [1.807, 2.05) is 0 Å². The first-order chi connectivity index (χ1) is 10.9. The molecule has 3 N–H and O–H groups in total. The molecule has 7 heteroatoms. The smallest absolute Gasteiger partial charge is 0.340 e. The number of anilines is 1. The third-order valence-electron chi connectivity index (χ3n) is 4.11. The SMILES string of the molecule is C[C@@H]1CCCC[C@@H]1NC(=O)COC(=O)c1cc(Cl)cc(Cl)c1N. The van der Waals surface area contributed by atoms with Crippen molar-refractivity contribution in [3.05, 3.63) is 27.7 Å². The minimum absolute atomic E-state index is 0.0568. The van der Waals surface area contributed by atoms with Gasteiger partial charge in [-0.1, -0.05) is 43.0 Å². The zero-order valence-corrected chi connectivity index (χ0v) is 14.4. The Labute approximate surface area is 145 Å². The van der Waals surface area contributed by atoms with Crippen molar-refractivity contribution < 1.29 is 14.3 Å². The highest BCUT2D eigenvalue weighted by molar-refractivity contribution is 6.37. The van der Waals surface area contributed by atoms with E-state index in [0.717, 1.165) is 19.3 Å². The molecule has 126 valence electrons. The first kappa shape index (κ1) is 17.9. The third-order valence-corrected chi connectivity index (χ3v) is 4.64. The van der Waals surface area contributed by atoms with Gasteiger partial charge in [-0.25, -0.2) is 4.79 Å². The molecule has 0 saturated heterocycles. The van der Waals surface area contributed by atoms with Gasteiger partial charge in [-0.3, -0.25) is 4.79 Å². The summed E-state index contributed by atoms with van der Waals surface area (Å²) in [5.74, 6) is -0.603. The minimum Gasteiger partial charge on any atom is -0.452 e. The van der Waals surface area contributed by atoms with E-state index in [4.69, 9.17) is 33.7 Å². The second kappa shape index (κ2) is 7.88. The van der Waals surface area contributed by atoms with Crippen molar-refractivity contribution in [1.29, 1.82) is 0 Å². The summed E-state index contributed by atoms with van der Waals surface area (Å²) in [5.41, 5.74) is 5.88. The molecule has 0 heterocycles. The maximum atomic E-state index is 12.0. The third kappa shape index (κ3) is 4.75. The first-order valence-corrected chi connectivity index (χ1v) is 8.35. The fourth-order valence-corrected chi connectivity index (χ4v) is 3.24. The number of nitrogen functional groups attached to an aromatic ring is 1. The normalized spacial score (nSPS) is 20.8. The fraction of sp³-hybridized carbons (Fsp3) is 0.500. The number of rotatable bonds is 4. The van der Waals surface area contributed by atoms with E-state index in [9.17, 15) is 9.59 Å². The van der Waals surface area contributed by atoms with Gasteiger partial charge in [0, 0.05) is 11.1 Å². The number of hydrogen-bond acceptors (Lipinski definition) is 4. The molecule has 1 fully saturated rings. The van der Waals surface area contributed by atoms with Crippen LogP contribution >= 0.6 is 23.2 Å². The number of halogens is 2. The lowest BCUT2D eigenvalue weighted by molar-refractivity contribution is -0.125. The van der Waals surface area contributed by atoms with Crippen molar-refractivity contribution in [2.24, 2.45) is 5.92 Å². The summed E-state index contributed by atoms with van der Waals surface area (Å²) in [6.07, 6.45) is 4.35. The maximum absolute atomic E-state index is 12.0. The Bertz CT molecular complexity index is 607. The molecule has 23 heavy (non-hydrogen) atoms. The van der Waals surface area contributed by atoms with Crippen LogP contribution in [0.15, 0.2) is 12.1 Å². The predicted octanol–water partition coefficient (Wildman–Crippen LogP) is 3.43. The van der Waals surface area contributed by atoms with Gasteiger partial charge in [0.15, 0.2) is 6.61 Å². The van der Waals surface area contributed by atoms with E-state index in [-0.39, 0.29) is 39.9 Å². The van der Waals surface area contributed by atoms with Gasteiger partial charge >= 0.3 is 5.97 Å². The molecule has 5 nitrogen and oxygen atoms in total. The molecule has 0 aromatic heterocycles. The Kier molecular flexibility index (Phi) is 6.13. The maximum Gasteiger partial charge on any atom is 0.340 e. The first-order valence-electron chi connectivity index (χ1n) is 7.59. The molecule has 2 rings (SSSR count). The fourth-order valence-electron chi connectivity index (χ4n) is 2.74. The van der Waals surface area contributed by atoms with Crippen LogP contribution < -0.4 is 11.1 Å². The van der Waals surface area contributed by atoms with Crippen molar-refractivity contribution in [2.45, 2.75) is 38.6 Å². The Morgan fingerprint density at radius 1 is 1.30 bits per heavy atom. The Morgan fingerprint density at radius 2 is 2.00 bits per heavy atom. The lowest BCUT2D eigenvalue weighted by Gasteiger charge is -2.29. The summed E-state index contributed by atoms with van der Waals surface area (Å²) in [4.78, 5) is 24.0. The van der Waals surface area contributed by atoms with Crippen LogP contribution in [0.25, 0.3) is 0 Å². The number of carbonyl (C=O) groups is 2. The van der Waals surface area contributed by atoms with Crippen LogP contribution in [0.2, 0.25) is 10.0 Å². The molecule has 0 bridgehead atoms. The number of benzene rings is 1. The van der Waals surface area contributed by atoms with Gasteiger partial charge in [0.05, 0.1) is 16.3 Å². The van der Waals surface area contributed by atoms with Crippen LogP contribution in [-0.2, 0) is 9.53 Å². The molecule has 1 aromatic rings. The summed E-state index contributed by atoms with van der Waals surface area (Å²) in [5, 5.41) is 3.36. The molecule has 0 spiro atoms. The van der Waals surface area contributed by atoms with Gasteiger partial charge < -0.3 is 15.8 Å². The molecule has 1 aromatic carbocycles. The van der Waals surface area contributed by atoms with Crippen molar-refractivity contribution in [3.8, 4) is 0 Å². The van der Waals surface area contributed by atoms with Crippen molar-refractivity contribution in [3.63, 3.8) is 0 Å². The highest BCUT2D eigenvalue weighted by Gasteiger charge is 2.23. The number of amides is 1. The van der Waals surface area contributed by atoms with E-state index in [2.05, 4.69) is 12.2 Å². The number of ether oxygens (including phenoxy) is 1. The summed E-state index contributed by atoms with van der Waals surface area (Å²) in [7, 11) is 0. The van der Waals surface area contributed by atoms with Crippen LogP contribution in [-0.4, -0.2) is 24.5 Å². The van der Waals surface area contributed by atoms with E-state index in [0.29, 0.717) is 5.92 Å². The second-order valence-electron chi connectivity index (χ2n) is 5.86. The Morgan fingerprint density at radius 3 is 2.70 bits per heavy atom. The molecular weight excluding hydrogens is 339 g/mol. The van der Waals surface area contributed by atoms with Crippen LogP contribution in [0, 0.1) is 5.92 Å². The standard InChI is InChI=1S/C16H20Cl2N2O3/c1-9-4-2-3-5-13(9)20-14(21)8-23-16(22)11-6-10(17)7-12(18)15(11)19/h6-7,9,13H,2-5,8,19H2,1H3,(H,20,21)/t9-,13+/m1/s1. The van der Waals surface area contributed by atoms with E-state index in [1.54, 1.807) is 0 Å². The average Bonchev–Trinajstić information content (AvgIpc) is 2.50. The van der Waals surface area contributed by atoms with E-state index in [1.165, 1.54) is 18.6 Å². The lowest BCUT2D eigenvalue weighted by Crippen LogP contribution is -2.42. The zero-order valence-electron chi connectivity index (χ0n) is 12.9. The summed E-state index contributed by atoms with van der Waals surface area (Å²) >= 11 is 11.7. The summed E-state index contributed by atoms with van der Waals surface area (Å²) in [6, 6.07) is 2.94. The van der Waals surface area contributed by atoms with E-state index < -0.39 is 5.97 Å². The number of esters is 1. The molecular formula is C16H20Cl2N2O3. The number of nitrogens with two attached hydrogens (primary N) is 1. The van der Waals surface area contributed by atoms with Crippen molar-refractivity contribution in [1.82, 2.24) is 5.32 Å². The van der Waals surface area contributed by atoms with Crippen LogP contribution in [0.1, 0.15) is 43.0 Å². The Balaban J connectivity index is 1.90. The van der Waals surface area contributed by atoms with Gasteiger partial charge in [-0.05, 0) is 30.9 Å². The highest BCUT2D eigenvalue weighted by Crippen LogP contribution is 2.28. The molecule has 1 amide bonds. The predicted molar refractivity (Wildman–Crippen MR) is 90.7 cm³/mol. The molecule has 2 atom stereocenters. The van der Waals surface area contributed by atoms with E-state index >= 15 is 0 Å². The monoisotopic (exact) mass is 358 g/mol. The summed E-state index contributed by atoms with van der Waals surface area (Å²) < 4.78 is 5.01.